The molecule has 2 amide bonds. The van der Waals surface area contributed by atoms with Gasteiger partial charge in [-0.2, -0.15) is 0 Å². The van der Waals surface area contributed by atoms with Crippen molar-refractivity contribution in [3.8, 4) is 22.3 Å². The third-order valence-electron chi connectivity index (χ3n) is 12.7. The van der Waals surface area contributed by atoms with Gasteiger partial charge in [0.25, 0.3) is 0 Å². The summed E-state index contributed by atoms with van der Waals surface area (Å²) in [6.07, 6.45) is 7.75. The second kappa shape index (κ2) is 15.9. The molecule has 56 heavy (non-hydrogen) atoms. The summed E-state index contributed by atoms with van der Waals surface area (Å²) in [5.74, 6) is 0.252. The van der Waals surface area contributed by atoms with Crippen LogP contribution in [0.1, 0.15) is 123 Å². The van der Waals surface area contributed by atoms with E-state index in [-0.39, 0.29) is 22.7 Å². The summed E-state index contributed by atoms with van der Waals surface area (Å²) in [5.41, 5.74) is 13.7. The number of nitrogens with one attached hydrogen (secondary N) is 2. The maximum absolute atomic E-state index is 12.7. The van der Waals surface area contributed by atoms with Gasteiger partial charge in [0.15, 0.2) is 0 Å². The Hall–Kier alpha value is -3.18. The van der Waals surface area contributed by atoms with Gasteiger partial charge >= 0.3 is 346 Å². The van der Waals surface area contributed by atoms with Gasteiger partial charge in [-0.15, -0.1) is 0 Å². The van der Waals surface area contributed by atoms with Crippen LogP contribution in [0.25, 0.3) is 34.4 Å². The Balaban J connectivity index is 1.73. The van der Waals surface area contributed by atoms with Gasteiger partial charge < -0.3 is 0 Å². The van der Waals surface area contributed by atoms with Crippen molar-refractivity contribution in [2.45, 2.75) is 100 Å². The molecular formula is C48H58BCl2HfN2O2. The topological polar surface area (TPSA) is 58.2 Å². The van der Waals surface area contributed by atoms with Gasteiger partial charge in [-0.05, 0) is 0 Å². The second-order valence-electron chi connectivity index (χ2n) is 18.2. The van der Waals surface area contributed by atoms with Gasteiger partial charge in [-0.3, -0.25) is 0 Å². The quantitative estimate of drug-likeness (QED) is 0.104. The van der Waals surface area contributed by atoms with E-state index >= 15 is 0 Å². The molecular weight excluding hydrogens is 897 g/mol. The molecule has 8 heteroatoms. The second-order valence-corrected chi connectivity index (χ2v) is 48.6. The standard InChI is InChI=1S/2C23H27.C2H3BN2O2.2ClH.Hf/c2*1-6-16(2)18-14-17-10-9-12-19(21(17)15-18)20-11-7-8-13-22(20)23(3,4)5;6-1-4-3-5-2-7;;;/h2*7-16H,6H2,1-5H3;1-2H,(H-,4,5,6,7);2*1H;/q;;;;;+1/p-1. The fraction of sp³-hybridized carbons (Fsp3) is 0.375. The molecule has 4 nitrogen and oxygen atoms in total. The Morgan fingerprint density at radius 1 is 0.607 bits per heavy atom. The number of rotatable bonds is 13. The third kappa shape index (κ3) is 7.15. The van der Waals surface area contributed by atoms with Crippen LogP contribution in [-0.2, 0) is 36.3 Å². The monoisotopic (exact) mass is 955 g/mol. The zero-order chi connectivity index (χ0) is 40.8. The van der Waals surface area contributed by atoms with E-state index in [2.05, 4.69) is 177 Å². The molecule has 0 saturated heterocycles. The fourth-order valence-corrected chi connectivity index (χ4v) is 39.3. The third-order valence-corrected chi connectivity index (χ3v) is 41.2. The summed E-state index contributed by atoms with van der Waals surface area (Å²) in [6.45, 7) is 22.4. The molecule has 4 aromatic rings. The molecule has 2 aliphatic carbocycles. The number of hydrogen-bond acceptors (Lipinski definition) is 2. The van der Waals surface area contributed by atoms with Crippen molar-refractivity contribution in [1.29, 1.82) is 0 Å². The maximum atomic E-state index is 12.7. The number of benzene rings is 4. The average Bonchev–Trinajstić information content (AvgIpc) is 3.78. The Labute approximate surface area is 344 Å². The number of carbonyl (C=O) groups is 2. The molecule has 0 aromatic heterocycles. The average molecular weight is 955 g/mol. The summed E-state index contributed by atoms with van der Waals surface area (Å²) in [7, 11) is 17.7. The molecule has 0 aliphatic heterocycles. The number of fused-ring (bicyclic) bond motifs is 2. The van der Waals surface area contributed by atoms with Crippen LogP contribution in [0.2, 0.25) is 0 Å². The van der Waals surface area contributed by atoms with E-state index < -0.39 is 27.8 Å². The van der Waals surface area contributed by atoms with Gasteiger partial charge in [0.1, 0.15) is 0 Å². The van der Waals surface area contributed by atoms with Crippen molar-refractivity contribution in [2.75, 3.05) is 0 Å². The molecule has 0 fully saturated rings. The molecule has 0 bridgehead atoms. The molecule has 4 unspecified atom stereocenters. The molecule has 4 aromatic carbocycles. The summed E-state index contributed by atoms with van der Waals surface area (Å²) in [6, 6.07) is 30.4. The summed E-state index contributed by atoms with van der Waals surface area (Å²) in [4.78, 5) is 25.4. The van der Waals surface area contributed by atoms with Crippen LogP contribution in [-0.4, -0.2) is 17.4 Å². The first-order valence-electron chi connectivity index (χ1n) is 20.3. The molecule has 0 radical (unpaired) electrons. The molecule has 2 aliphatic rings. The normalized spacial score (nSPS) is 18.4. The van der Waals surface area contributed by atoms with Crippen LogP contribution in [0.5, 0.6) is 0 Å². The van der Waals surface area contributed by atoms with Gasteiger partial charge in [0.05, 0.1) is 0 Å². The van der Waals surface area contributed by atoms with Crippen LogP contribution in [0, 0.1) is 11.8 Å². The first-order valence-corrected chi connectivity index (χ1v) is 35.4. The first-order chi connectivity index (χ1) is 26.4. The molecule has 2 N–H and O–H groups in total. The summed E-state index contributed by atoms with van der Waals surface area (Å²) in [5, 5.41) is 6.08. The molecule has 0 spiro atoms. The molecule has 4 atom stereocenters. The van der Waals surface area contributed by atoms with Crippen LogP contribution >= 0.6 is 17.2 Å². The first kappa shape index (κ1) is 42.4. The number of hydrogen-bond donors (Lipinski definition) is 2. The SMILES string of the molecule is CCC(C)C1=Cc2c(-c3ccccc3C(C)(C)C)cccc2[CH]1[Hf]([Cl])([Cl])([B](NC=O)NC=O)[CH]1C(C(C)CC)=Cc2c(-c3ccccc3C(C)(C)C)cccc21. The van der Waals surface area contributed by atoms with E-state index in [9.17, 15) is 9.59 Å². The predicted octanol–water partition coefficient (Wildman–Crippen LogP) is 12.8. The molecule has 0 heterocycles. The zero-order valence-electron chi connectivity index (χ0n) is 34.8. The van der Waals surface area contributed by atoms with Crippen molar-refractivity contribution in [3.63, 3.8) is 0 Å². The minimum atomic E-state index is -6.17. The summed E-state index contributed by atoms with van der Waals surface area (Å²) >= 11 is -6.17. The number of halogens is 2. The van der Waals surface area contributed by atoms with E-state index in [1.54, 1.807) is 0 Å². The van der Waals surface area contributed by atoms with Crippen LogP contribution in [0.3, 0.4) is 0 Å². The van der Waals surface area contributed by atoms with Gasteiger partial charge in [0, 0.05) is 0 Å². The van der Waals surface area contributed by atoms with Crippen molar-refractivity contribution < 1.29 is 25.5 Å². The van der Waals surface area contributed by atoms with E-state index in [1.807, 2.05) is 0 Å². The van der Waals surface area contributed by atoms with Crippen molar-refractivity contribution >= 4 is 46.7 Å². The Bertz CT molecular complexity index is 2060. The number of amides is 2. The van der Waals surface area contributed by atoms with Crippen LogP contribution < -0.4 is 10.5 Å². The molecule has 0 saturated carbocycles. The predicted molar refractivity (Wildman–Crippen MR) is 237 cm³/mol. The van der Waals surface area contributed by atoms with Crippen molar-refractivity contribution in [3.05, 3.63) is 129 Å². The fourth-order valence-electron chi connectivity index (χ4n) is 9.62. The minimum absolute atomic E-state index is 0.0932. The molecule has 6 rings (SSSR count). The van der Waals surface area contributed by atoms with Crippen molar-refractivity contribution in [2.24, 2.45) is 11.8 Å². The van der Waals surface area contributed by atoms with Gasteiger partial charge in [0.2, 0.25) is 0 Å². The van der Waals surface area contributed by atoms with Gasteiger partial charge in [-0.1, -0.05) is 0 Å². The number of allylic oxidation sites excluding steroid dienone is 2. The number of carbonyl (C=O) groups excluding carboxylic acids is 2. The van der Waals surface area contributed by atoms with Gasteiger partial charge in [-0.25, -0.2) is 0 Å². The van der Waals surface area contributed by atoms with E-state index in [1.165, 1.54) is 33.4 Å². The van der Waals surface area contributed by atoms with E-state index in [4.69, 9.17) is 17.2 Å². The zero-order valence-corrected chi connectivity index (χ0v) is 39.9. The molecule has 293 valence electrons. The Kier molecular flexibility index (Phi) is 12.0. The van der Waals surface area contributed by atoms with E-state index in [0.717, 1.165) is 46.2 Å². The Morgan fingerprint density at radius 3 is 1.30 bits per heavy atom. The summed E-state index contributed by atoms with van der Waals surface area (Å²) < 4.78 is -1.80. The van der Waals surface area contributed by atoms with Crippen LogP contribution in [0.15, 0.2) is 96.1 Å². The van der Waals surface area contributed by atoms with Crippen molar-refractivity contribution in [1.82, 2.24) is 10.5 Å². The Morgan fingerprint density at radius 2 is 0.964 bits per heavy atom. The van der Waals surface area contributed by atoms with E-state index in [0.29, 0.717) is 12.8 Å². The van der Waals surface area contributed by atoms with Crippen LogP contribution in [0.4, 0.5) is 0 Å².